The van der Waals surface area contributed by atoms with Gasteiger partial charge in [0.2, 0.25) is 5.88 Å². The molecule has 204 valence electrons. The molecule has 0 spiro atoms. The number of ether oxygens (including phenoxy) is 1. The maximum atomic E-state index is 14.8. The van der Waals surface area contributed by atoms with Crippen LogP contribution in [0.25, 0.3) is 16.8 Å². The van der Waals surface area contributed by atoms with E-state index in [0.717, 1.165) is 23.1 Å². The van der Waals surface area contributed by atoms with Crippen molar-refractivity contribution in [2.75, 3.05) is 25.9 Å². The molecule has 4 aromatic rings. The fraction of sp³-hybridized carbons (Fsp3) is 0.292. The first-order valence-corrected chi connectivity index (χ1v) is 11.6. The number of carbonyl (C=O) groups excluding carboxylic acids is 1. The van der Waals surface area contributed by atoms with Gasteiger partial charge < -0.3 is 15.8 Å². The number of nitrogens with one attached hydrogen (secondary N) is 1. The smallest absolute Gasteiger partial charge is 0.418 e. The first-order valence-electron chi connectivity index (χ1n) is 11.6. The van der Waals surface area contributed by atoms with Gasteiger partial charge in [-0.2, -0.15) is 18.3 Å². The molecule has 3 N–H and O–H groups in total. The third-order valence-electron chi connectivity index (χ3n) is 6.29. The number of nitrogens with two attached hydrogens (primary N) is 1. The molecule has 0 saturated carbocycles. The number of alkyl halides is 4. The van der Waals surface area contributed by atoms with Gasteiger partial charge in [-0.3, -0.25) is 14.7 Å². The molecule has 10 nitrogen and oxygen atoms in total. The highest BCUT2D eigenvalue weighted by Crippen LogP contribution is 2.39. The summed E-state index contributed by atoms with van der Waals surface area (Å²) in [5.74, 6) is -1.71. The number of nitrogens with zero attached hydrogens (tertiary/aromatic N) is 6. The van der Waals surface area contributed by atoms with E-state index in [1.807, 2.05) is 0 Å². The van der Waals surface area contributed by atoms with Crippen molar-refractivity contribution in [1.29, 1.82) is 0 Å². The first-order chi connectivity index (χ1) is 18.5. The Bertz CT molecular complexity index is 1530. The fourth-order valence-corrected chi connectivity index (χ4v) is 4.49. The van der Waals surface area contributed by atoms with Crippen LogP contribution in [0.5, 0.6) is 5.88 Å². The largest absolute Gasteiger partial charge is 0.480 e. The Kier molecular flexibility index (Phi) is 6.76. The lowest BCUT2D eigenvalue weighted by atomic mass is 10.1. The molecule has 15 heteroatoms. The second-order valence-electron chi connectivity index (χ2n) is 8.89. The zero-order chi connectivity index (χ0) is 27.9. The van der Waals surface area contributed by atoms with Crippen molar-refractivity contribution in [3.05, 3.63) is 65.6 Å². The Morgan fingerprint density at radius 1 is 1.18 bits per heavy atom. The number of halogens is 5. The van der Waals surface area contributed by atoms with E-state index in [1.54, 1.807) is 4.90 Å². The van der Waals surface area contributed by atoms with E-state index >= 15 is 0 Å². The molecule has 0 aliphatic carbocycles. The number of rotatable bonds is 6. The second-order valence-corrected chi connectivity index (χ2v) is 8.89. The van der Waals surface area contributed by atoms with Crippen LogP contribution in [0.1, 0.15) is 21.6 Å². The van der Waals surface area contributed by atoms with Crippen LogP contribution in [0, 0.1) is 5.82 Å². The average Bonchev–Trinajstić information content (AvgIpc) is 3.46. The molecular weight excluding hydrogens is 527 g/mol. The van der Waals surface area contributed by atoms with Crippen molar-refractivity contribution in [2.24, 2.45) is 0 Å². The number of amides is 1. The van der Waals surface area contributed by atoms with E-state index in [0.29, 0.717) is 5.69 Å². The maximum absolute atomic E-state index is 14.8. The van der Waals surface area contributed by atoms with Gasteiger partial charge in [0.15, 0.2) is 5.82 Å². The van der Waals surface area contributed by atoms with E-state index in [9.17, 15) is 26.7 Å². The number of hydrogen-bond acceptors (Lipinski definition) is 8. The number of aromatic nitrogens is 5. The normalized spacial score (nSPS) is 18.0. The number of hydrogen-bond donors (Lipinski definition) is 2. The summed E-state index contributed by atoms with van der Waals surface area (Å²) in [6.45, 7) is 0.411. The van der Waals surface area contributed by atoms with E-state index in [2.05, 4.69) is 25.4 Å². The monoisotopic (exact) mass is 548 g/mol. The summed E-state index contributed by atoms with van der Waals surface area (Å²) < 4.78 is 75.2. The SMILES string of the molecule is COc1ncc(-c2cc(C(F)(F)F)c3c(N)ncnn23)cc1C(=O)N[C@@H]1CN(Cc2ccc(F)cn2)C[C@@H]1F. The van der Waals surface area contributed by atoms with Crippen LogP contribution < -0.4 is 15.8 Å². The van der Waals surface area contributed by atoms with Gasteiger partial charge in [0.1, 0.15) is 29.4 Å². The standard InChI is InChI=1S/C24H21F5N8O2/c1-39-23-15(22(38)35-18-10-36(9-17(18)26)8-14-3-2-13(25)7-31-14)4-12(6-32-23)19-5-16(24(27,28)29)20-21(30)33-11-34-37(19)20/h2-7,11,17-18H,8-10H2,1H3,(H,35,38)(H2,30,33,34)/t17-,18+/m0/s1. The number of carbonyl (C=O) groups is 1. The molecule has 0 bridgehead atoms. The first kappa shape index (κ1) is 26.2. The van der Waals surface area contributed by atoms with Crippen molar-refractivity contribution in [1.82, 2.24) is 34.8 Å². The Morgan fingerprint density at radius 3 is 2.67 bits per heavy atom. The second kappa shape index (κ2) is 10.1. The predicted octanol–water partition coefficient (Wildman–Crippen LogP) is 2.89. The van der Waals surface area contributed by atoms with Gasteiger partial charge >= 0.3 is 6.18 Å². The summed E-state index contributed by atoms with van der Waals surface area (Å²) in [7, 11) is 1.27. The third-order valence-corrected chi connectivity index (χ3v) is 6.29. The Hall–Kier alpha value is -4.40. The van der Waals surface area contributed by atoms with Gasteiger partial charge in [-0.15, -0.1) is 0 Å². The molecule has 1 aliphatic heterocycles. The zero-order valence-electron chi connectivity index (χ0n) is 20.3. The molecule has 1 saturated heterocycles. The van der Waals surface area contributed by atoms with Crippen molar-refractivity contribution in [3.63, 3.8) is 0 Å². The van der Waals surface area contributed by atoms with Crippen LogP contribution in [0.2, 0.25) is 0 Å². The quantitative estimate of drug-likeness (QED) is 0.353. The minimum Gasteiger partial charge on any atom is -0.480 e. The number of fused-ring (bicyclic) bond motifs is 1. The van der Waals surface area contributed by atoms with Crippen LogP contribution >= 0.6 is 0 Å². The van der Waals surface area contributed by atoms with Crippen molar-refractivity contribution in [2.45, 2.75) is 24.9 Å². The molecule has 1 amide bonds. The minimum absolute atomic E-state index is 0.0108. The highest BCUT2D eigenvalue weighted by molar-refractivity contribution is 5.98. The van der Waals surface area contributed by atoms with Gasteiger partial charge in [0.25, 0.3) is 5.91 Å². The van der Waals surface area contributed by atoms with Gasteiger partial charge in [-0.1, -0.05) is 0 Å². The zero-order valence-corrected chi connectivity index (χ0v) is 20.3. The lowest BCUT2D eigenvalue weighted by Crippen LogP contribution is -2.41. The average molecular weight is 548 g/mol. The van der Waals surface area contributed by atoms with Crippen LogP contribution in [0.4, 0.5) is 27.8 Å². The molecule has 0 aromatic carbocycles. The number of pyridine rings is 2. The molecular formula is C24H21F5N8O2. The van der Waals surface area contributed by atoms with Crippen molar-refractivity contribution in [3.8, 4) is 17.1 Å². The lowest BCUT2D eigenvalue weighted by Gasteiger charge is -2.17. The van der Waals surface area contributed by atoms with E-state index < -0.39 is 41.2 Å². The molecule has 2 atom stereocenters. The van der Waals surface area contributed by atoms with Gasteiger partial charge in [0, 0.05) is 31.4 Å². The van der Waals surface area contributed by atoms with Crippen molar-refractivity contribution < 1.29 is 31.5 Å². The predicted molar refractivity (Wildman–Crippen MR) is 128 cm³/mol. The molecule has 1 fully saturated rings. The number of nitrogen functional groups attached to an aromatic ring is 1. The molecule has 0 radical (unpaired) electrons. The minimum atomic E-state index is -4.75. The molecule has 1 aliphatic rings. The Labute approximate surface area is 217 Å². The number of likely N-dealkylation sites (tertiary alicyclic amines) is 1. The van der Waals surface area contributed by atoms with Crippen LogP contribution in [-0.4, -0.2) is 67.8 Å². The van der Waals surface area contributed by atoms with E-state index in [1.165, 1.54) is 31.5 Å². The van der Waals surface area contributed by atoms with Gasteiger partial charge in [-0.05, 0) is 24.3 Å². The third kappa shape index (κ3) is 5.16. The summed E-state index contributed by atoms with van der Waals surface area (Å²) in [6, 6.07) is 3.96. The Balaban J connectivity index is 1.41. The van der Waals surface area contributed by atoms with E-state index in [4.69, 9.17) is 10.5 Å². The highest BCUT2D eigenvalue weighted by atomic mass is 19.4. The Morgan fingerprint density at radius 2 is 1.97 bits per heavy atom. The summed E-state index contributed by atoms with van der Waals surface area (Å²) in [5, 5.41) is 6.51. The topological polar surface area (TPSA) is 124 Å². The summed E-state index contributed by atoms with van der Waals surface area (Å²) in [4.78, 5) is 26.6. The lowest BCUT2D eigenvalue weighted by molar-refractivity contribution is -0.136. The van der Waals surface area contributed by atoms with Crippen LogP contribution in [-0.2, 0) is 12.7 Å². The molecule has 39 heavy (non-hydrogen) atoms. The molecule has 0 unspecified atom stereocenters. The van der Waals surface area contributed by atoms with Gasteiger partial charge in [0.05, 0.1) is 36.3 Å². The summed E-state index contributed by atoms with van der Waals surface area (Å²) >= 11 is 0. The number of anilines is 1. The molecule has 4 aromatic heterocycles. The van der Waals surface area contributed by atoms with Crippen molar-refractivity contribution >= 4 is 17.2 Å². The summed E-state index contributed by atoms with van der Waals surface area (Å²) in [6.07, 6.45) is -2.88. The van der Waals surface area contributed by atoms with Crippen LogP contribution in [0.15, 0.2) is 43.0 Å². The number of methoxy groups -OCH3 is 1. The fourth-order valence-electron chi connectivity index (χ4n) is 4.49. The van der Waals surface area contributed by atoms with E-state index in [-0.39, 0.29) is 48.2 Å². The van der Waals surface area contributed by atoms with Gasteiger partial charge in [-0.25, -0.2) is 23.3 Å². The molecule has 5 heterocycles. The van der Waals surface area contributed by atoms with Crippen LogP contribution in [0.3, 0.4) is 0 Å². The maximum Gasteiger partial charge on any atom is 0.418 e. The summed E-state index contributed by atoms with van der Waals surface area (Å²) in [5.41, 5.74) is 4.69. The molecule has 5 rings (SSSR count). The highest BCUT2D eigenvalue weighted by Gasteiger charge is 2.37.